The van der Waals surface area contributed by atoms with E-state index < -0.39 is 0 Å². The van der Waals surface area contributed by atoms with Gasteiger partial charge in [0.1, 0.15) is 0 Å². The van der Waals surface area contributed by atoms with Crippen LogP contribution >= 0.6 is 0 Å². The van der Waals surface area contributed by atoms with Gasteiger partial charge in [-0.1, -0.05) is 13.0 Å². The number of rotatable bonds is 2. The Kier molecular flexibility index (Phi) is 3.61. The molecule has 1 aromatic carbocycles. The fourth-order valence-electron chi connectivity index (χ4n) is 2.97. The van der Waals surface area contributed by atoms with Crippen LogP contribution in [-0.2, 0) is 19.4 Å². The summed E-state index contributed by atoms with van der Waals surface area (Å²) in [6.45, 7) is 3.79. The lowest BCUT2D eigenvalue weighted by Gasteiger charge is -2.26. The highest BCUT2D eigenvalue weighted by atomic mass is 16.2. The van der Waals surface area contributed by atoms with E-state index in [2.05, 4.69) is 36.4 Å². The first-order valence-electron chi connectivity index (χ1n) is 7.28. The third-order valence-electron chi connectivity index (χ3n) is 4.16. The maximum absolute atomic E-state index is 12.3. The number of aryl methyl sites for hydroxylation is 1. The third kappa shape index (κ3) is 2.39. The number of nitrogens with zero attached hydrogens (tertiary/aromatic N) is 2. The molecule has 0 fully saturated rings. The van der Waals surface area contributed by atoms with E-state index in [9.17, 15) is 4.79 Å². The molecule has 0 bridgehead atoms. The van der Waals surface area contributed by atoms with Gasteiger partial charge in [-0.2, -0.15) is 0 Å². The minimum absolute atomic E-state index is 0.234. The average Bonchev–Trinajstić information content (AvgIpc) is 2.51. The Hall–Kier alpha value is -1.98. The highest BCUT2D eigenvalue weighted by Gasteiger charge is 2.24. The lowest BCUT2D eigenvalue weighted by molar-refractivity contribution is 0.0953. The van der Waals surface area contributed by atoms with Gasteiger partial charge in [0.15, 0.2) is 0 Å². The molecule has 0 saturated carbocycles. The SMILES string of the molecule is CCc1ccc2nc3c(c(C(=O)NN)c2c1)CN(C)CC3. The molecular weight excluding hydrogens is 264 g/mol. The van der Waals surface area contributed by atoms with Crippen LogP contribution in [0, 0.1) is 0 Å². The topological polar surface area (TPSA) is 71.2 Å². The number of likely N-dealkylation sites (N-methyl/N-ethyl adjacent to an activating group) is 1. The Balaban J connectivity index is 2.32. The number of hydrazine groups is 1. The van der Waals surface area contributed by atoms with E-state index in [1.807, 2.05) is 6.07 Å². The molecule has 5 heteroatoms. The number of benzene rings is 1. The van der Waals surface area contributed by atoms with Crippen LogP contribution in [0.3, 0.4) is 0 Å². The second-order valence-corrected chi connectivity index (χ2v) is 5.58. The summed E-state index contributed by atoms with van der Waals surface area (Å²) in [7, 11) is 2.06. The Morgan fingerprint density at radius 3 is 3.00 bits per heavy atom. The van der Waals surface area contributed by atoms with Gasteiger partial charge in [-0.05, 0) is 31.2 Å². The molecule has 1 amide bonds. The first kappa shape index (κ1) is 14.0. The minimum atomic E-state index is -0.234. The van der Waals surface area contributed by atoms with E-state index in [0.717, 1.165) is 48.1 Å². The summed E-state index contributed by atoms with van der Waals surface area (Å²) >= 11 is 0. The molecule has 3 rings (SSSR count). The fraction of sp³-hybridized carbons (Fsp3) is 0.375. The minimum Gasteiger partial charge on any atom is -0.302 e. The van der Waals surface area contributed by atoms with Gasteiger partial charge in [-0.15, -0.1) is 0 Å². The standard InChI is InChI=1S/C16H20N4O/c1-3-10-4-5-13-11(8-10)15(16(21)19-17)12-9-20(2)7-6-14(12)18-13/h4-5,8H,3,6-7,9,17H2,1-2H3,(H,19,21). The largest absolute Gasteiger partial charge is 0.302 e. The average molecular weight is 284 g/mol. The van der Waals surface area contributed by atoms with Crippen LogP contribution in [0.15, 0.2) is 18.2 Å². The number of fused-ring (bicyclic) bond motifs is 2. The smallest absolute Gasteiger partial charge is 0.266 e. The highest BCUT2D eigenvalue weighted by Crippen LogP contribution is 2.28. The Morgan fingerprint density at radius 2 is 2.29 bits per heavy atom. The normalized spacial score (nSPS) is 15.0. The zero-order valence-corrected chi connectivity index (χ0v) is 12.4. The molecule has 1 aromatic heterocycles. The zero-order chi connectivity index (χ0) is 15.0. The summed E-state index contributed by atoms with van der Waals surface area (Å²) in [5.74, 6) is 5.17. The van der Waals surface area contributed by atoms with Gasteiger partial charge in [0.05, 0.1) is 11.1 Å². The number of hydrogen-bond donors (Lipinski definition) is 2. The summed E-state index contributed by atoms with van der Waals surface area (Å²) in [6, 6.07) is 6.13. The summed E-state index contributed by atoms with van der Waals surface area (Å²) in [4.78, 5) is 19.3. The molecule has 2 aromatic rings. The van der Waals surface area contributed by atoms with Crippen molar-refractivity contribution < 1.29 is 4.79 Å². The predicted molar refractivity (Wildman–Crippen MR) is 82.8 cm³/mol. The third-order valence-corrected chi connectivity index (χ3v) is 4.16. The molecule has 0 spiro atoms. The molecule has 5 nitrogen and oxygen atoms in total. The molecule has 1 aliphatic heterocycles. The van der Waals surface area contributed by atoms with Crippen LogP contribution in [0.1, 0.15) is 34.1 Å². The van der Waals surface area contributed by atoms with Crippen molar-refractivity contribution in [3.63, 3.8) is 0 Å². The Bertz CT molecular complexity index is 711. The summed E-state index contributed by atoms with van der Waals surface area (Å²) in [6.07, 6.45) is 1.79. The van der Waals surface area contributed by atoms with Crippen molar-refractivity contribution in [2.24, 2.45) is 5.84 Å². The van der Waals surface area contributed by atoms with Gasteiger partial charge in [-0.3, -0.25) is 15.2 Å². The molecule has 0 atom stereocenters. The number of nitrogens with one attached hydrogen (secondary N) is 1. The van der Waals surface area contributed by atoms with Crippen LogP contribution in [0.5, 0.6) is 0 Å². The number of pyridine rings is 1. The number of amides is 1. The van der Waals surface area contributed by atoms with Crippen molar-refractivity contribution in [2.45, 2.75) is 26.3 Å². The van der Waals surface area contributed by atoms with E-state index in [0.29, 0.717) is 5.56 Å². The van der Waals surface area contributed by atoms with Crippen molar-refractivity contribution in [3.8, 4) is 0 Å². The van der Waals surface area contributed by atoms with E-state index in [-0.39, 0.29) is 5.91 Å². The van der Waals surface area contributed by atoms with E-state index in [1.165, 1.54) is 5.56 Å². The second-order valence-electron chi connectivity index (χ2n) is 5.58. The number of nitrogen functional groups attached to an aromatic ring is 1. The number of carbonyl (C=O) groups is 1. The first-order chi connectivity index (χ1) is 10.1. The Labute approximate surface area is 124 Å². The summed E-state index contributed by atoms with van der Waals surface area (Å²) < 4.78 is 0. The van der Waals surface area contributed by atoms with E-state index in [4.69, 9.17) is 10.8 Å². The van der Waals surface area contributed by atoms with Gasteiger partial charge < -0.3 is 4.90 Å². The molecule has 21 heavy (non-hydrogen) atoms. The Morgan fingerprint density at radius 1 is 1.48 bits per heavy atom. The lowest BCUT2D eigenvalue weighted by atomic mass is 9.94. The van der Waals surface area contributed by atoms with Crippen LogP contribution in [0.2, 0.25) is 0 Å². The van der Waals surface area contributed by atoms with E-state index >= 15 is 0 Å². The van der Waals surface area contributed by atoms with Crippen LogP contribution in [0.25, 0.3) is 10.9 Å². The maximum Gasteiger partial charge on any atom is 0.266 e. The maximum atomic E-state index is 12.3. The highest BCUT2D eigenvalue weighted by molar-refractivity contribution is 6.07. The number of hydrogen-bond acceptors (Lipinski definition) is 4. The van der Waals surface area contributed by atoms with Crippen LogP contribution in [-0.4, -0.2) is 29.4 Å². The molecule has 110 valence electrons. The van der Waals surface area contributed by atoms with Gasteiger partial charge >= 0.3 is 0 Å². The number of carbonyl (C=O) groups excluding carboxylic acids is 1. The quantitative estimate of drug-likeness (QED) is 0.496. The van der Waals surface area contributed by atoms with Crippen LogP contribution in [0.4, 0.5) is 0 Å². The number of nitrogens with two attached hydrogens (primary N) is 1. The van der Waals surface area contributed by atoms with E-state index in [1.54, 1.807) is 0 Å². The second kappa shape index (κ2) is 5.42. The van der Waals surface area contributed by atoms with Crippen molar-refractivity contribution in [3.05, 3.63) is 40.6 Å². The van der Waals surface area contributed by atoms with Gasteiger partial charge in [0.25, 0.3) is 5.91 Å². The lowest BCUT2D eigenvalue weighted by Crippen LogP contribution is -2.34. The van der Waals surface area contributed by atoms with Crippen LogP contribution < -0.4 is 11.3 Å². The zero-order valence-electron chi connectivity index (χ0n) is 12.4. The molecule has 2 heterocycles. The molecular formula is C16H20N4O. The summed E-state index contributed by atoms with van der Waals surface area (Å²) in [5, 5.41) is 0.895. The number of aromatic nitrogens is 1. The van der Waals surface area contributed by atoms with Gasteiger partial charge in [0.2, 0.25) is 0 Å². The first-order valence-corrected chi connectivity index (χ1v) is 7.28. The van der Waals surface area contributed by atoms with Crippen molar-refractivity contribution in [1.82, 2.24) is 15.3 Å². The predicted octanol–water partition coefficient (Wildman–Crippen LogP) is 1.39. The molecule has 0 unspecified atom stereocenters. The van der Waals surface area contributed by atoms with Crippen molar-refractivity contribution in [1.29, 1.82) is 0 Å². The molecule has 0 radical (unpaired) electrons. The molecule has 0 aliphatic carbocycles. The molecule has 3 N–H and O–H groups in total. The van der Waals surface area contributed by atoms with Gasteiger partial charge in [-0.25, -0.2) is 5.84 Å². The van der Waals surface area contributed by atoms with Gasteiger partial charge in [0, 0.05) is 36.2 Å². The monoisotopic (exact) mass is 284 g/mol. The van der Waals surface area contributed by atoms with Crippen molar-refractivity contribution in [2.75, 3.05) is 13.6 Å². The summed E-state index contributed by atoms with van der Waals surface area (Å²) in [5.41, 5.74) is 7.06. The molecule has 1 aliphatic rings. The fourth-order valence-corrected chi connectivity index (χ4v) is 2.97. The molecule has 0 saturated heterocycles. The van der Waals surface area contributed by atoms with Crippen molar-refractivity contribution >= 4 is 16.8 Å².